The maximum Gasteiger partial charge on any atom is 0.273 e. The molecule has 0 bridgehead atoms. The third-order valence-electron chi connectivity index (χ3n) is 2.69. The minimum absolute atomic E-state index is 0.190. The summed E-state index contributed by atoms with van der Waals surface area (Å²) >= 11 is 1.50. The van der Waals surface area contributed by atoms with E-state index >= 15 is 0 Å². The molecule has 0 saturated carbocycles. The number of aromatic nitrogens is 1. The number of rotatable bonds is 7. The third kappa shape index (κ3) is 4.61. The SMILES string of the molecule is COc1nc(CN(C)C(CO)CC(C)C)cs1. The number of thiazole rings is 1. The maximum atomic E-state index is 9.39. The Morgan fingerprint density at radius 3 is 2.71 bits per heavy atom. The topological polar surface area (TPSA) is 45.6 Å². The van der Waals surface area contributed by atoms with E-state index in [2.05, 4.69) is 23.7 Å². The number of likely N-dealkylation sites (N-methyl/N-ethyl adjacent to an activating group) is 1. The van der Waals surface area contributed by atoms with Crippen molar-refractivity contribution in [1.29, 1.82) is 0 Å². The molecule has 0 radical (unpaired) electrons. The van der Waals surface area contributed by atoms with Crippen LogP contribution >= 0.6 is 11.3 Å². The molecule has 1 aromatic rings. The lowest BCUT2D eigenvalue weighted by atomic mass is 10.0. The van der Waals surface area contributed by atoms with Crippen LogP contribution in [0.2, 0.25) is 0 Å². The van der Waals surface area contributed by atoms with Gasteiger partial charge in [-0.15, -0.1) is 0 Å². The van der Waals surface area contributed by atoms with Gasteiger partial charge in [-0.1, -0.05) is 25.2 Å². The number of ether oxygens (including phenoxy) is 1. The molecule has 1 unspecified atom stereocenters. The Kier molecular flexibility index (Phi) is 5.88. The lowest BCUT2D eigenvalue weighted by Gasteiger charge is -2.27. The van der Waals surface area contributed by atoms with Gasteiger partial charge in [0.05, 0.1) is 19.4 Å². The summed E-state index contributed by atoms with van der Waals surface area (Å²) in [4.78, 5) is 6.48. The normalized spacial score (nSPS) is 13.4. The molecule has 0 saturated heterocycles. The smallest absolute Gasteiger partial charge is 0.273 e. The number of methoxy groups -OCH3 is 1. The van der Waals surface area contributed by atoms with Gasteiger partial charge in [0.25, 0.3) is 5.19 Å². The first-order chi connectivity index (χ1) is 8.06. The molecular weight excluding hydrogens is 236 g/mol. The second-order valence-electron chi connectivity index (χ2n) is 4.69. The molecule has 1 N–H and O–H groups in total. The molecular formula is C12H22N2O2S. The van der Waals surface area contributed by atoms with Crippen LogP contribution in [0.15, 0.2) is 5.38 Å². The number of hydrogen-bond donors (Lipinski definition) is 1. The average molecular weight is 258 g/mol. The van der Waals surface area contributed by atoms with Crippen LogP contribution in [-0.4, -0.2) is 41.8 Å². The summed E-state index contributed by atoms with van der Waals surface area (Å²) in [6.07, 6.45) is 0.994. The van der Waals surface area contributed by atoms with Crippen LogP contribution in [0.1, 0.15) is 26.0 Å². The fourth-order valence-corrected chi connectivity index (χ4v) is 2.41. The average Bonchev–Trinajstić information content (AvgIpc) is 2.73. The van der Waals surface area contributed by atoms with Gasteiger partial charge in [-0.05, 0) is 19.4 Å². The van der Waals surface area contributed by atoms with Crippen LogP contribution in [-0.2, 0) is 6.54 Å². The van der Waals surface area contributed by atoms with Crippen molar-refractivity contribution in [2.45, 2.75) is 32.9 Å². The number of aliphatic hydroxyl groups excluding tert-OH is 1. The Labute approximate surface area is 107 Å². The Balaban J connectivity index is 2.53. The van der Waals surface area contributed by atoms with Gasteiger partial charge in [0.15, 0.2) is 0 Å². The molecule has 1 aromatic heterocycles. The van der Waals surface area contributed by atoms with Crippen LogP contribution in [0.3, 0.4) is 0 Å². The van der Waals surface area contributed by atoms with Gasteiger partial charge in [0.1, 0.15) is 0 Å². The van der Waals surface area contributed by atoms with Gasteiger partial charge in [0, 0.05) is 18.0 Å². The number of nitrogens with zero attached hydrogens (tertiary/aromatic N) is 2. The second-order valence-corrected chi connectivity index (χ2v) is 5.51. The predicted molar refractivity (Wildman–Crippen MR) is 70.5 cm³/mol. The van der Waals surface area contributed by atoms with Gasteiger partial charge in [0.2, 0.25) is 0 Å². The lowest BCUT2D eigenvalue weighted by Crippen LogP contribution is -2.35. The van der Waals surface area contributed by atoms with Crippen molar-refractivity contribution in [1.82, 2.24) is 9.88 Å². The number of aliphatic hydroxyl groups is 1. The van der Waals surface area contributed by atoms with E-state index in [1.165, 1.54) is 11.3 Å². The third-order valence-corrected chi connectivity index (χ3v) is 3.54. The van der Waals surface area contributed by atoms with Crippen molar-refractivity contribution < 1.29 is 9.84 Å². The zero-order valence-electron chi connectivity index (χ0n) is 11.0. The maximum absolute atomic E-state index is 9.39. The van der Waals surface area contributed by atoms with Crippen molar-refractivity contribution in [3.05, 3.63) is 11.1 Å². The fraction of sp³-hybridized carbons (Fsp3) is 0.750. The van der Waals surface area contributed by atoms with E-state index in [1.54, 1.807) is 7.11 Å². The van der Waals surface area contributed by atoms with Gasteiger partial charge in [-0.25, -0.2) is 4.98 Å². The highest BCUT2D eigenvalue weighted by molar-refractivity contribution is 7.11. The minimum atomic E-state index is 0.190. The summed E-state index contributed by atoms with van der Waals surface area (Å²) in [5.41, 5.74) is 0.997. The lowest BCUT2D eigenvalue weighted by molar-refractivity contribution is 0.123. The van der Waals surface area contributed by atoms with E-state index in [0.717, 1.165) is 18.7 Å². The Morgan fingerprint density at radius 2 is 2.24 bits per heavy atom. The summed E-state index contributed by atoms with van der Waals surface area (Å²) in [5, 5.41) is 12.1. The highest BCUT2D eigenvalue weighted by atomic mass is 32.1. The quantitative estimate of drug-likeness (QED) is 0.812. The van der Waals surface area contributed by atoms with Gasteiger partial charge in [-0.2, -0.15) is 0 Å². The van der Waals surface area contributed by atoms with Crippen LogP contribution < -0.4 is 4.74 Å². The van der Waals surface area contributed by atoms with Gasteiger partial charge >= 0.3 is 0 Å². The molecule has 17 heavy (non-hydrogen) atoms. The first-order valence-electron chi connectivity index (χ1n) is 5.86. The molecule has 98 valence electrons. The summed E-state index contributed by atoms with van der Waals surface area (Å²) in [5.74, 6) is 0.583. The summed E-state index contributed by atoms with van der Waals surface area (Å²) < 4.78 is 5.07. The first-order valence-corrected chi connectivity index (χ1v) is 6.74. The molecule has 4 nitrogen and oxygen atoms in total. The van der Waals surface area contributed by atoms with E-state index in [4.69, 9.17) is 4.74 Å². The molecule has 1 rings (SSSR count). The molecule has 1 atom stereocenters. The van der Waals surface area contributed by atoms with E-state index < -0.39 is 0 Å². The standard InChI is InChI=1S/C12H22N2O2S/c1-9(2)5-11(7-15)14(3)6-10-8-17-12(13-10)16-4/h8-9,11,15H,5-7H2,1-4H3. The Hall–Kier alpha value is -0.650. The predicted octanol–water partition coefficient (Wildman–Crippen LogP) is 1.99. The minimum Gasteiger partial charge on any atom is -0.473 e. The van der Waals surface area contributed by atoms with E-state index in [0.29, 0.717) is 11.1 Å². The van der Waals surface area contributed by atoms with E-state index in [9.17, 15) is 5.11 Å². The highest BCUT2D eigenvalue weighted by Crippen LogP contribution is 2.19. The molecule has 0 aromatic carbocycles. The van der Waals surface area contributed by atoms with E-state index in [1.807, 2.05) is 12.4 Å². The van der Waals surface area contributed by atoms with E-state index in [-0.39, 0.29) is 12.6 Å². The molecule has 0 aliphatic carbocycles. The molecule has 0 aliphatic heterocycles. The molecule has 1 heterocycles. The Morgan fingerprint density at radius 1 is 1.53 bits per heavy atom. The van der Waals surface area contributed by atoms with Crippen molar-refractivity contribution in [2.24, 2.45) is 5.92 Å². The van der Waals surface area contributed by atoms with Gasteiger partial charge in [-0.3, -0.25) is 4.90 Å². The monoisotopic (exact) mass is 258 g/mol. The number of hydrogen-bond acceptors (Lipinski definition) is 5. The zero-order valence-corrected chi connectivity index (χ0v) is 11.8. The van der Waals surface area contributed by atoms with Crippen molar-refractivity contribution in [3.8, 4) is 5.19 Å². The van der Waals surface area contributed by atoms with Crippen molar-refractivity contribution in [2.75, 3.05) is 20.8 Å². The van der Waals surface area contributed by atoms with Crippen molar-refractivity contribution >= 4 is 11.3 Å². The second kappa shape index (κ2) is 6.93. The highest BCUT2D eigenvalue weighted by Gasteiger charge is 2.16. The summed E-state index contributed by atoms with van der Waals surface area (Å²) in [6.45, 7) is 5.28. The molecule has 0 aliphatic rings. The Bertz CT molecular complexity index is 328. The summed E-state index contributed by atoms with van der Waals surface area (Å²) in [6, 6.07) is 0.197. The largest absolute Gasteiger partial charge is 0.473 e. The molecule has 0 spiro atoms. The first kappa shape index (κ1) is 14.4. The molecule has 0 fully saturated rings. The van der Waals surface area contributed by atoms with Crippen LogP contribution in [0, 0.1) is 5.92 Å². The van der Waals surface area contributed by atoms with Gasteiger partial charge < -0.3 is 9.84 Å². The zero-order chi connectivity index (χ0) is 12.8. The van der Waals surface area contributed by atoms with Crippen molar-refractivity contribution in [3.63, 3.8) is 0 Å². The van der Waals surface area contributed by atoms with Crippen LogP contribution in [0.4, 0.5) is 0 Å². The van der Waals surface area contributed by atoms with Crippen LogP contribution in [0.25, 0.3) is 0 Å². The van der Waals surface area contributed by atoms with Crippen LogP contribution in [0.5, 0.6) is 5.19 Å². The fourth-order valence-electron chi connectivity index (χ4n) is 1.78. The summed E-state index contributed by atoms with van der Waals surface area (Å²) in [7, 11) is 3.65. The molecule has 0 amide bonds. The molecule has 5 heteroatoms.